The fourth-order valence-corrected chi connectivity index (χ4v) is 4.60. The van der Waals surface area contributed by atoms with Gasteiger partial charge in [0, 0.05) is 18.2 Å². The van der Waals surface area contributed by atoms with E-state index in [1.165, 1.54) is 45.3 Å². The maximum Gasteiger partial charge on any atom is 0.338 e. The Morgan fingerprint density at radius 1 is 1.17 bits per heavy atom. The second kappa shape index (κ2) is 10.7. The van der Waals surface area contributed by atoms with Crippen LogP contribution in [0.2, 0.25) is 0 Å². The summed E-state index contributed by atoms with van der Waals surface area (Å²) in [6, 6.07) is 11.4. The van der Waals surface area contributed by atoms with Crippen molar-refractivity contribution in [3.63, 3.8) is 0 Å². The summed E-state index contributed by atoms with van der Waals surface area (Å²) in [6.45, 7) is 4.64. The van der Waals surface area contributed by atoms with Crippen LogP contribution in [-0.2, 0) is 11.3 Å². The molecule has 1 aliphatic rings. The van der Waals surface area contributed by atoms with Crippen molar-refractivity contribution in [1.29, 1.82) is 0 Å². The molecule has 3 rings (SSSR count). The van der Waals surface area contributed by atoms with Crippen molar-refractivity contribution >= 4 is 5.97 Å². The molecule has 0 aliphatic heterocycles. The maximum absolute atomic E-state index is 14.9. The van der Waals surface area contributed by atoms with Gasteiger partial charge >= 0.3 is 5.97 Å². The van der Waals surface area contributed by atoms with Crippen LogP contribution in [0.3, 0.4) is 0 Å². The summed E-state index contributed by atoms with van der Waals surface area (Å²) in [5.74, 6) is -0.103. The molecular weight excluding hydrogens is 377 g/mol. The van der Waals surface area contributed by atoms with Crippen LogP contribution in [0.25, 0.3) is 11.1 Å². The first-order valence-corrected chi connectivity index (χ1v) is 11.2. The summed E-state index contributed by atoms with van der Waals surface area (Å²) in [6.07, 6.45) is 8.86. The minimum absolute atomic E-state index is 0.266. The Hall–Kier alpha value is -2.20. The summed E-state index contributed by atoms with van der Waals surface area (Å²) in [7, 11) is 1.33. The predicted octanol–water partition coefficient (Wildman–Crippen LogP) is 6.43. The Morgan fingerprint density at radius 3 is 2.57 bits per heavy atom. The highest BCUT2D eigenvalue weighted by molar-refractivity contribution is 5.97. The van der Waals surface area contributed by atoms with E-state index in [1.54, 1.807) is 0 Å². The average Bonchev–Trinajstić information content (AvgIpc) is 2.77. The number of rotatable bonds is 8. The Labute approximate surface area is 180 Å². The van der Waals surface area contributed by atoms with Crippen LogP contribution in [0.15, 0.2) is 36.4 Å². The third-order valence-electron chi connectivity index (χ3n) is 6.44. The van der Waals surface area contributed by atoms with Crippen molar-refractivity contribution in [2.45, 2.75) is 71.4 Å². The van der Waals surface area contributed by atoms with Crippen LogP contribution >= 0.6 is 0 Å². The van der Waals surface area contributed by atoms with E-state index in [4.69, 9.17) is 4.74 Å². The van der Waals surface area contributed by atoms with Crippen molar-refractivity contribution in [1.82, 2.24) is 5.32 Å². The Balaban J connectivity index is 1.83. The van der Waals surface area contributed by atoms with Crippen LogP contribution in [0.5, 0.6) is 0 Å². The van der Waals surface area contributed by atoms with Gasteiger partial charge in [-0.3, -0.25) is 0 Å². The largest absolute Gasteiger partial charge is 0.465 e. The first-order chi connectivity index (χ1) is 14.5. The van der Waals surface area contributed by atoms with E-state index in [0.717, 1.165) is 35.4 Å². The van der Waals surface area contributed by atoms with Crippen LogP contribution in [-0.4, -0.2) is 19.1 Å². The van der Waals surface area contributed by atoms with Crippen LogP contribution in [0.1, 0.15) is 73.4 Å². The number of halogens is 1. The number of benzene rings is 2. The minimum Gasteiger partial charge on any atom is -0.465 e. The highest BCUT2D eigenvalue weighted by Crippen LogP contribution is 2.31. The minimum atomic E-state index is -0.518. The van der Waals surface area contributed by atoms with Gasteiger partial charge in [0.1, 0.15) is 5.82 Å². The van der Waals surface area contributed by atoms with E-state index < -0.39 is 5.97 Å². The van der Waals surface area contributed by atoms with Gasteiger partial charge in [0.2, 0.25) is 0 Å². The molecule has 30 heavy (non-hydrogen) atoms. The zero-order valence-electron chi connectivity index (χ0n) is 18.5. The number of nitrogens with one attached hydrogen (secondary N) is 1. The molecule has 2 aromatic rings. The van der Waals surface area contributed by atoms with Gasteiger partial charge in [-0.25, -0.2) is 9.18 Å². The number of aryl methyl sites for hydroxylation is 1. The highest BCUT2D eigenvalue weighted by Gasteiger charge is 2.21. The van der Waals surface area contributed by atoms with E-state index in [1.807, 2.05) is 37.3 Å². The van der Waals surface area contributed by atoms with Gasteiger partial charge in [0.25, 0.3) is 0 Å². The number of hydrogen-bond acceptors (Lipinski definition) is 3. The van der Waals surface area contributed by atoms with Gasteiger partial charge in [-0.15, -0.1) is 0 Å². The fourth-order valence-electron chi connectivity index (χ4n) is 4.60. The Kier molecular flexibility index (Phi) is 8.03. The fraction of sp³-hybridized carbons (Fsp3) is 0.500. The van der Waals surface area contributed by atoms with Gasteiger partial charge in [-0.05, 0) is 54.5 Å². The molecule has 1 N–H and O–H groups in total. The van der Waals surface area contributed by atoms with E-state index in [0.29, 0.717) is 18.2 Å². The molecule has 0 aromatic heterocycles. The third kappa shape index (κ3) is 5.48. The van der Waals surface area contributed by atoms with E-state index >= 15 is 0 Å². The zero-order chi connectivity index (χ0) is 21.5. The summed E-state index contributed by atoms with van der Waals surface area (Å²) >= 11 is 0. The van der Waals surface area contributed by atoms with Crippen LogP contribution in [0, 0.1) is 18.7 Å². The molecule has 2 aromatic carbocycles. The number of hydrogen-bond donors (Lipinski definition) is 1. The van der Waals surface area contributed by atoms with Crippen LogP contribution in [0.4, 0.5) is 4.39 Å². The van der Waals surface area contributed by atoms with E-state index in [-0.39, 0.29) is 11.4 Å². The molecule has 162 valence electrons. The lowest BCUT2D eigenvalue weighted by atomic mass is 9.84. The summed E-state index contributed by atoms with van der Waals surface area (Å²) < 4.78 is 19.8. The molecule has 0 radical (unpaired) electrons. The normalized spacial score (nSPS) is 15.7. The monoisotopic (exact) mass is 411 g/mol. The second-order valence-electron chi connectivity index (χ2n) is 8.52. The van der Waals surface area contributed by atoms with Crippen molar-refractivity contribution in [3.8, 4) is 11.1 Å². The second-order valence-corrected chi connectivity index (χ2v) is 8.52. The molecule has 1 atom stereocenters. The molecule has 0 saturated heterocycles. The molecule has 0 unspecified atom stereocenters. The molecule has 3 nitrogen and oxygen atoms in total. The molecule has 1 fully saturated rings. The average molecular weight is 412 g/mol. The maximum atomic E-state index is 14.9. The summed E-state index contributed by atoms with van der Waals surface area (Å²) in [5, 5.41) is 3.57. The lowest BCUT2D eigenvalue weighted by Gasteiger charge is -2.27. The quantitative estimate of drug-likeness (QED) is 0.509. The molecule has 0 bridgehead atoms. The standard InChI is InChI=1S/C26H34FNO2/c1-4-21(14-19-11-6-5-7-12-19)28-17-20-15-23(22-13-9-8-10-18(22)2)24(16-25(20)27)26(29)30-3/h8-10,13,15-16,19,21,28H,4-7,11-12,14,17H2,1-3H3/t21-/m1/s1. The highest BCUT2D eigenvalue weighted by atomic mass is 19.1. The molecule has 0 spiro atoms. The number of esters is 1. The molecule has 4 heteroatoms. The zero-order valence-corrected chi connectivity index (χ0v) is 18.5. The van der Waals surface area contributed by atoms with Crippen molar-refractivity contribution in [3.05, 3.63) is 58.9 Å². The first kappa shape index (κ1) is 22.5. The van der Waals surface area contributed by atoms with Gasteiger partial charge < -0.3 is 10.1 Å². The number of ether oxygens (including phenoxy) is 1. The summed E-state index contributed by atoms with van der Waals surface area (Å²) in [5.41, 5.74) is 3.54. The smallest absolute Gasteiger partial charge is 0.338 e. The number of methoxy groups -OCH3 is 1. The van der Waals surface area contributed by atoms with Crippen LogP contribution < -0.4 is 5.32 Å². The molecule has 1 aliphatic carbocycles. The van der Waals surface area contributed by atoms with Crippen molar-refractivity contribution < 1.29 is 13.9 Å². The predicted molar refractivity (Wildman–Crippen MR) is 120 cm³/mol. The van der Waals surface area contributed by atoms with Crippen molar-refractivity contribution in [2.24, 2.45) is 5.92 Å². The molecule has 0 heterocycles. The van der Waals surface area contributed by atoms with Gasteiger partial charge in [0.05, 0.1) is 12.7 Å². The third-order valence-corrected chi connectivity index (χ3v) is 6.44. The molecular formula is C26H34FNO2. The Bertz CT molecular complexity index is 858. The lowest BCUT2D eigenvalue weighted by Crippen LogP contribution is -2.31. The lowest BCUT2D eigenvalue weighted by molar-refractivity contribution is 0.0601. The van der Waals surface area contributed by atoms with Gasteiger partial charge in [0.15, 0.2) is 0 Å². The molecule has 1 saturated carbocycles. The first-order valence-electron chi connectivity index (χ1n) is 11.2. The number of carbonyl (C=O) groups is 1. The SMILES string of the molecule is CC[C@H](CC1CCCCC1)NCc1cc(-c2ccccc2C)c(C(=O)OC)cc1F. The molecule has 0 amide bonds. The summed E-state index contributed by atoms with van der Waals surface area (Å²) in [4.78, 5) is 12.3. The topological polar surface area (TPSA) is 38.3 Å². The van der Waals surface area contributed by atoms with Gasteiger partial charge in [-0.2, -0.15) is 0 Å². The number of carbonyl (C=O) groups excluding carboxylic acids is 1. The van der Waals surface area contributed by atoms with E-state index in [9.17, 15) is 9.18 Å². The van der Waals surface area contributed by atoms with E-state index in [2.05, 4.69) is 12.2 Å². The van der Waals surface area contributed by atoms with Crippen molar-refractivity contribution in [2.75, 3.05) is 7.11 Å². The Morgan fingerprint density at radius 2 is 1.90 bits per heavy atom. The van der Waals surface area contributed by atoms with Gasteiger partial charge in [-0.1, -0.05) is 63.3 Å².